The van der Waals surface area contributed by atoms with Crippen molar-refractivity contribution in [1.29, 1.82) is 0 Å². The fourth-order valence-corrected chi connectivity index (χ4v) is 5.64. The van der Waals surface area contributed by atoms with E-state index in [0.717, 1.165) is 42.2 Å². The summed E-state index contributed by atoms with van der Waals surface area (Å²) in [5.74, 6) is 1.36. The van der Waals surface area contributed by atoms with E-state index in [1.165, 1.54) is 0 Å². The van der Waals surface area contributed by atoms with Gasteiger partial charge >= 0.3 is 0 Å². The van der Waals surface area contributed by atoms with Crippen LogP contribution in [0.15, 0.2) is 29.1 Å². The maximum atomic E-state index is 6.64. The van der Waals surface area contributed by atoms with Crippen molar-refractivity contribution in [3.63, 3.8) is 0 Å². The first kappa shape index (κ1) is 22.4. The van der Waals surface area contributed by atoms with Crippen molar-refractivity contribution in [3.8, 4) is 11.1 Å². The first-order valence-corrected chi connectivity index (χ1v) is 14.5. The molecule has 0 aliphatic heterocycles. The van der Waals surface area contributed by atoms with Crippen LogP contribution in [0, 0.1) is 0 Å². The van der Waals surface area contributed by atoms with E-state index >= 15 is 0 Å². The van der Waals surface area contributed by atoms with E-state index in [0.29, 0.717) is 35.2 Å². The third kappa shape index (κ3) is 4.41. The minimum atomic E-state index is -1.72. The first-order chi connectivity index (χ1) is 14.6. The van der Waals surface area contributed by atoms with E-state index in [1.54, 1.807) is 6.20 Å². The van der Waals surface area contributed by atoms with Crippen LogP contribution in [-0.2, 0) is 10.3 Å². The molecule has 1 fully saturated rings. The van der Waals surface area contributed by atoms with Crippen LogP contribution in [-0.4, -0.2) is 29.2 Å². The van der Waals surface area contributed by atoms with E-state index in [2.05, 4.69) is 54.8 Å². The maximum absolute atomic E-state index is 6.64. The number of furan rings is 1. The minimum Gasteiger partial charge on any atom is -0.456 e. The monoisotopic (exact) mass is 460 g/mol. The van der Waals surface area contributed by atoms with Crippen LogP contribution >= 0.6 is 11.6 Å². The number of anilines is 1. The third-order valence-corrected chi connectivity index (χ3v) is 11.8. The normalized spacial score (nSPS) is 20.5. The van der Waals surface area contributed by atoms with Crippen molar-refractivity contribution in [3.05, 3.63) is 30.4 Å². The summed E-state index contributed by atoms with van der Waals surface area (Å²) in [4.78, 5) is 4.31. The Morgan fingerprint density at radius 2 is 1.94 bits per heavy atom. The Bertz CT molecular complexity index is 1060. The number of hydrogen-bond acceptors (Lipinski definition) is 5. The van der Waals surface area contributed by atoms with Crippen molar-refractivity contribution in [1.82, 2.24) is 14.8 Å². The molecule has 0 spiro atoms. The van der Waals surface area contributed by atoms with E-state index in [9.17, 15) is 0 Å². The lowest BCUT2D eigenvalue weighted by molar-refractivity contribution is 0.115. The second-order valence-corrected chi connectivity index (χ2v) is 15.2. The van der Waals surface area contributed by atoms with Gasteiger partial charge in [0.2, 0.25) is 0 Å². The Morgan fingerprint density at radius 3 is 2.58 bits per heavy atom. The number of nitrogen functional groups attached to an aromatic ring is 1. The summed E-state index contributed by atoms with van der Waals surface area (Å²) in [6.07, 6.45) is 10.5. The fourth-order valence-electron chi connectivity index (χ4n) is 4.09. The summed E-state index contributed by atoms with van der Waals surface area (Å²) in [7, 11) is -1.72. The van der Waals surface area contributed by atoms with Gasteiger partial charge in [-0.15, -0.1) is 11.6 Å². The number of nitrogens with two attached hydrogens (primary N) is 1. The highest BCUT2D eigenvalue weighted by Gasteiger charge is 2.40. The van der Waals surface area contributed by atoms with Gasteiger partial charge in [-0.2, -0.15) is 5.10 Å². The van der Waals surface area contributed by atoms with E-state index in [-0.39, 0.29) is 5.04 Å². The smallest absolute Gasteiger partial charge is 0.192 e. The van der Waals surface area contributed by atoms with Crippen LogP contribution < -0.4 is 5.73 Å². The molecule has 0 radical (unpaired) electrons. The van der Waals surface area contributed by atoms with Crippen molar-refractivity contribution in [2.75, 3.05) is 5.73 Å². The molecule has 3 heterocycles. The van der Waals surface area contributed by atoms with Gasteiger partial charge in [0.05, 0.1) is 18.1 Å². The molecule has 6 nitrogen and oxygen atoms in total. The molecule has 1 aliphatic rings. The van der Waals surface area contributed by atoms with Gasteiger partial charge in [0.1, 0.15) is 5.76 Å². The van der Waals surface area contributed by atoms with Gasteiger partial charge < -0.3 is 14.6 Å². The largest absolute Gasteiger partial charge is 0.456 e. The molecular weight excluding hydrogens is 428 g/mol. The van der Waals surface area contributed by atoms with Gasteiger partial charge in [-0.25, -0.2) is 4.98 Å². The molecule has 0 amide bonds. The van der Waals surface area contributed by atoms with Crippen LogP contribution in [0.25, 0.3) is 22.1 Å². The molecule has 3 aromatic heterocycles. The number of fused-ring (bicyclic) bond motifs is 1. The number of rotatable bonds is 5. The molecule has 31 heavy (non-hydrogen) atoms. The summed E-state index contributed by atoms with van der Waals surface area (Å²) in [6, 6.07) is 2.34. The molecule has 0 aromatic carbocycles. The van der Waals surface area contributed by atoms with Gasteiger partial charge in [-0.3, -0.25) is 4.68 Å². The molecule has 4 rings (SSSR count). The Kier molecular flexibility index (Phi) is 5.96. The summed E-state index contributed by atoms with van der Waals surface area (Å²) in [5.41, 5.74) is 8.56. The number of hydrogen-bond donors (Lipinski definition) is 1. The second-order valence-electron chi connectivity index (χ2n) is 10.2. The molecule has 0 unspecified atom stereocenters. The van der Waals surface area contributed by atoms with Gasteiger partial charge in [0.25, 0.3) is 0 Å². The third-order valence-electron chi connectivity index (χ3n) is 6.97. The highest BCUT2D eigenvalue weighted by molar-refractivity contribution is 6.74. The lowest BCUT2D eigenvalue weighted by Gasteiger charge is -2.41. The molecule has 1 aliphatic carbocycles. The van der Waals surface area contributed by atoms with Crippen molar-refractivity contribution in [2.24, 2.45) is 0 Å². The molecular formula is C23H33ClN4O2Si. The molecule has 1 saturated carbocycles. The van der Waals surface area contributed by atoms with Gasteiger partial charge in [-0.1, -0.05) is 20.8 Å². The molecule has 0 saturated heterocycles. The van der Waals surface area contributed by atoms with Gasteiger partial charge in [0.15, 0.2) is 19.7 Å². The molecule has 0 atom stereocenters. The molecule has 8 heteroatoms. The average molecular weight is 461 g/mol. The maximum Gasteiger partial charge on any atom is 0.192 e. The quantitative estimate of drug-likeness (QED) is 0.346. The van der Waals surface area contributed by atoms with Crippen molar-refractivity contribution < 1.29 is 8.84 Å². The van der Waals surface area contributed by atoms with E-state index in [1.807, 2.05) is 12.3 Å². The predicted molar refractivity (Wildman–Crippen MR) is 129 cm³/mol. The molecule has 0 bridgehead atoms. The lowest BCUT2D eigenvalue weighted by Crippen LogP contribution is -2.44. The zero-order valence-electron chi connectivity index (χ0n) is 19.1. The fraction of sp³-hybridized carbons (Fsp3) is 0.565. The Labute approximate surface area is 190 Å². The Balaban J connectivity index is 1.48. The van der Waals surface area contributed by atoms with Crippen LogP contribution in [0.4, 0.5) is 5.82 Å². The average Bonchev–Trinajstić information content (AvgIpc) is 3.35. The number of halogens is 1. The Hall–Kier alpha value is -1.83. The highest BCUT2D eigenvalue weighted by Crippen LogP contribution is 2.40. The first-order valence-electron chi connectivity index (χ1n) is 11.0. The summed E-state index contributed by atoms with van der Waals surface area (Å²) < 4.78 is 14.5. The van der Waals surface area contributed by atoms with Crippen LogP contribution in [0.2, 0.25) is 18.1 Å². The van der Waals surface area contributed by atoms with Gasteiger partial charge in [-0.05, 0) is 49.9 Å². The number of aromatic nitrogens is 3. The van der Waals surface area contributed by atoms with Crippen LogP contribution in [0.1, 0.15) is 58.3 Å². The Morgan fingerprint density at radius 1 is 1.23 bits per heavy atom. The number of nitrogens with zero attached hydrogens (tertiary/aromatic N) is 3. The number of pyridine rings is 1. The highest BCUT2D eigenvalue weighted by atomic mass is 35.5. The molecule has 3 aromatic rings. The predicted octanol–water partition coefficient (Wildman–Crippen LogP) is 6.52. The summed E-state index contributed by atoms with van der Waals surface area (Å²) in [6.45, 7) is 11.6. The number of alkyl halides is 1. The second kappa shape index (κ2) is 8.26. The minimum absolute atomic E-state index is 0.246. The van der Waals surface area contributed by atoms with E-state index in [4.69, 9.17) is 26.2 Å². The molecule has 2 N–H and O–H groups in total. The zero-order valence-corrected chi connectivity index (χ0v) is 20.9. The van der Waals surface area contributed by atoms with Crippen molar-refractivity contribution in [2.45, 2.75) is 82.6 Å². The van der Waals surface area contributed by atoms with E-state index < -0.39 is 8.32 Å². The summed E-state index contributed by atoms with van der Waals surface area (Å²) >= 11 is 5.95. The van der Waals surface area contributed by atoms with Crippen molar-refractivity contribution >= 4 is 36.7 Å². The van der Waals surface area contributed by atoms with Gasteiger partial charge in [0, 0.05) is 35.0 Å². The zero-order chi connectivity index (χ0) is 22.4. The lowest BCUT2D eigenvalue weighted by atomic mass is 9.93. The molecule has 168 valence electrons. The van der Waals surface area contributed by atoms with Crippen LogP contribution in [0.3, 0.4) is 0 Å². The standard InChI is InChI=1S/C23H33ClN4O2Si/c1-23(2,3)31(4,5)30-17-8-6-16(7-9-17)28-14-15(12-27-28)20-13-26-22(25)21-19(20)10-18(11-24)29-21/h10,12-14,16-17H,6-9,11H2,1-5H3,(H2,25,26). The SMILES string of the molecule is CC(C)(C)[Si](C)(C)OC1CCC(n2cc(-c3cnc(N)c4oc(CCl)cc34)cn2)CC1. The topological polar surface area (TPSA) is 79.1 Å². The summed E-state index contributed by atoms with van der Waals surface area (Å²) in [5, 5.41) is 5.85. The van der Waals surface area contributed by atoms with Crippen LogP contribution in [0.5, 0.6) is 0 Å².